The Morgan fingerprint density at radius 3 is 2.72 bits per heavy atom. The fourth-order valence-corrected chi connectivity index (χ4v) is 3.48. The molecule has 0 radical (unpaired) electrons. The van der Waals surface area contributed by atoms with Crippen LogP contribution in [0.5, 0.6) is 0 Å². The van der Waals surface area contributed by atoms with Gasteiger partial charge in [0.2, 0.25) is 5.91 Å². The lowest BCUT2D eigenvalue weighted by Gasteiger charge is -2.31. The molecule has 0 bridgehead atoms. The van der Waals surface area contributed by atoms with E-state index in [2.05, 4.69) is 9.88 Å². The molecule has 3 rings (SSSR count). The molecule has 8 nitrogen and oxygen atoms in total. The second-order valence-electron chi connectivity index (χ2n) is 6.79. The second-order valence-corrected chi connectivity index (χ2v) is 6.79. The van der Waals surface area contributed by atoms with Gasteiger partial charge in [-0.05, 0) is 32.4 Å². The van der Waals surface area contributed by atoms with E-state index in [1.165, 1.54) is 36.1 Å². The topological polar surface area (TPSA) is 87.6 Å². The summed E-state index contributed by atoms with van der Waals surface area (Å²) in [6.45, 7) is 4.82. The minimum Gasteiger partial charge on any atom is -0.375 e. The number of nitrogens with zero attached hydrogens (tertiary/aromatic N) is 3. The largest absolute Gasteiger partial charge is 0.375 e. The number of nitrogens with one attached hydrogen (secondary N) is 1. The smallest absolute Gasteiger partial charge is 0.328 e. The van der Waals surface area contributed by atoms with Gasteiger partial charge >= 0.3 is 5.69 Å². The lowest BCUT2D eigenvalue weighted by atomic mass is 10.1. The summed E-state index contributed by atoms with van der Waals surface area (Å²) in [5.74, 6) is -0.122. The summed E-state index contributed by atoms with van der Waals surface area (Å²) >= 11 is 0. The predicted molar refractivity (Wildman–Crippen MR) is 92.6 cm³/mol. The van der Waals surface area contributed by atoms with Gasteiger partial charge in [-0.25, -0.2) is 4.79 Å². The van der Waals surface area contributed by atoms with Crippen molar-refractivity contribution in [1.29, 1.82) is 0 Å². The van der Waals surface area contributed by atoms with Crippen LogP contribution in [0.2, 0.25) is 0 Å². The monoisotopic (exact) mass is 350 g/mol. The second kappa shape index (κ2) is 8.44. The maximum absolute atomic E-state index is 12.6. The number of carbonyl (C=O) groups is 1. The van der Waals surface area contributed by atoms with E-state index in [1.54, 1.807) is 4.90 Å². The average Bonchev–Trinajstić information content (AvgIpc) is 2.84. The quantitative estimate of drug-likeness (QED) is 0.801. The summed E-state index contributed by atoms with van der Waals surface area (Å²) < 4.78 is 7.16. The van der Waals surface area contributed by atoms with Crippen LogP contribution in [0.25, 0.3) is 0 Å². The maximum Gasteiger partial charge on any atom is 0.328 e. The molecule has 0 aromatic carbocycles. The van der Waals surface area contributed by atoms with E-state index < -0.39 is 11.2 Å². The van der Waals surface area contributed by atoms with Gasteiger partial charge in [0.15, 0.2) is 0 Å². The standard InChI is InChI=1S/C17H26N4O4/c22-15-5-9-21(17(24)18-15)13-16(23)20-8-4-10-25-14(12-20)11-19-6-2-1-3-7-19/h5,9,14H,1-4,6-8,10-13H2,(H,18,22,24). The van der Waals surface area contributed by atoms with Crippen LogP contribution >= 0.6 is 0 Å². The molecule has 8 heteroatoms. The molecule has 1 amide bonds. The molecule has 1 aromatic rings. The van der Waals surface area contributed by atoms with E-state index in [0.717, 1.165) is 26.1 Å². The number of H-pyrrole nitrogens is 1. The molecule has 2 fully saturated rings. The number of carbonyl (C=O) groups excluding carboxylic acids is 1. The first-order valence-electron chi connectivity index (χ1n) is 9.03. The molecule has 1 unspecified atom stereocenters. The number of hydrogen-bond donors (Lipinski definition) is 1. The van der Waals surface area contributed by atoms with Gasteiger partial charge in [-0.1, -0.05) is 6.42 Å². The van der Waals surface area contributed by atoms with Gasteiger partial charge in [0.05, 0.1) is 6.10 Å². The molecule has 1 N–H and O–H groups in total. The lowest BCUT2D eigenvalue weighted by Crippen LogP contribution is -2.45. The average molecular weight is 350 g/mol. The molecule has 2 aliphatic heterocycles. The summed E-state index contributed by atoms with van der Waals surface area (Å²) in [5.41, 5.74) is -1.02. The van der Waals surface area contributed by atoms with Crippen molar-refractivity contribution in [1.82, 2.24) is 19.4 Å². The third-order valence-electron chi connectivity index (χ3n) is 4.82. The molecule has 1 atom stereocenters. The van der Waals surface area contributed by atoms with E-state index in [0.29, 0.717) is 19.7 Å². The van der Waals surface area contributed by atoms with Crippen LogP contribution in [0.15, 0.2) is 21.9 Å². The maximum atomic E-state index is 12.6. The van der Waals surface area contributed by atoms with Crippen LogP contribution in [-0.4, -0.2) is 70.7 Å². The van der Waals surface area contributed by atoms with Crippen LogP contribution in [0.1, 0.15) is 25.7 Å². The van der Waals surface area contributed by atoms with Crippen molar-refractivity contribution in [2.45, 2.75) is 38.3 Å². The van der Waals surface area contributed by atoms with Gasteiger partial charge < -0.3 is 14.5 Å². The zero-order chi connectivity index (χ0) is 17.6. The first-order valence-corrected chi connectivity index (χ1v) is 9.03. The van der Waals surface area contributed by atoms with E-state index in [9.17, 15) is 14.4 Å². The lowest BCUT2D eigenvalue weighted by molar-refractivity contribution is -0.132. The summed E-state index contributed by atoms with van der Waals surface area (Å²) in [7, 11) is 0. The Balaban J connectivity index is 1.60. The molecule has 25 heavy (non-hydrogen) atoms. The van der Waals surface area contributed by atoms with E-state index in [1.807, 2.05) is 0 Å². The molecule has 3 heterocycles. The highest BCUT2D eigenvalue weighted by Gasteiger charge is 2.25. The van der Waals surface area contributed by atoms with Crippen LogP contribution in [0.4, 0.5) is 0 Å². The molecule has 0 saturated carbocycles. The highest BCUT2D eigenvalue weighted by atomic mass is 16.5. The van der Waals surface area contributed by atoms with Crippen LogP contribution < -0.4 is 11.2 Å². The third-order valence-corrected chi connectivity index (χ3v) is 4.82. The highest BCUT2D eigenvalue weighted by Crippen LogP contribution is 2.13. The molecule has 0 aliphatic carbocycles. The van der Waals surface area contributed by atoms with Gasteiger partial charge in [0.1, 0.15) is 6.54 Å². The minimum atomic E-state index is -0.559. The third kappa shape index (κ3) is 5.02. The molecule has 0 spiro atoms. The molecule has 2 saturated heterocycles. The van der Waals surface area contributed by atoms with Crippen molar-refractivity contribution in [2.24, 2.45) is 0 Å². The number of piperidine rings is 1. The summed E-state index contributed by atoms with van der Waals surface area (Å²) in [6, 6.07) is 1.25. The number of rotatable bonds is 4. The van der Waals surface area contributed by atoms with Crippen molar-refractivity contribution in [3.8, 4) is 0 Å². The van der Waals surface area contributed by atoms with E-state index >= 15 is 0 Å². The number of ether oxygens (including phenoxy) is 1. The number of amides is 1. The Hall–Kier alpha value is -1.93. The molecule has 1 aromatic heterocycles. The number of aromatic amines is 1. The normalized spacial score (nSPS) is 22.6. The van der Waals surface area contributed by atoms with Crippen molar-refractivity contribution in [3.63, 3.8) is 0 Å². The Kier molecular flexibility index (Phi) is 6.04. The van der Waals surface area contributed by atoms with Gasteiger partial charge in [0, 0.05) is 38.5 Å². The van der Waals surface area contributed by atoms with E-state index in [4.69, 9.17) is 4.74 Å². The Morgan fingerprint density at radius 1 is 1.16 bits per heavy atom. The van der Waals surface area contributed by atoms with Gasteiger partial charge in [-0.15, -0.1) is 0 Å². The summed E-state index contributed by atoms with van der Waals surface area (Å²) in [4.78, 5) is 41.8. The van der Waals surface area contributed by atoms with Crippen molar-refractivity contribution in [3.05, 3.63) is 33.1 Å². The Labute approximate surface area is 146 Å². The number of likely N-dealkylation sites (tertiary alicyclic amines) is 1. The van der Waals surface area contributed by atoms with Gasteiger partial charge in [-0.3, -0.25) is 19.1 Å². The molecular formula is C17H26N4O4. The zero-order valence-corrected chi connectivity index (χ0v) is 14.5. The minimum absolute atomic E-state index is 0.0110. The fourth-order valence-electron chi connectivity index (χ4n) is 3.48. The predicted octanol–water partition coefficient (Wildman–Crippen LogP) is -0.360. The van der Waals surface area contributed by atoms with Crippen molar-refractivity contribution >= 4 is 5.91 Å². The summed E-state index contributed by atoms with van der Waals surface area (Å²) in [6.07, 6.45) is 5.91. The van der Waals surface area contributed by atoms with E-state index in [-0.39, 0.29) is 18.6 Å². The Morgan fingerprint density at radius 2 is 1.96 bits per heavy atom. The number of aromatic nitrogens is 2. The molecule has 2 aliphatic rings. The van der Waals surface area contributed by atoms with Gasteiger partial charge in [-0.2, -0.15) is 0 Å². The first kappa shape index (κ1) is 17.9. The van der Waals surface area contributed by atoms with Gasteiger partial charge in [0.25, 0.3) is 5.56 Å². The number of hydrogen-bond acceptors (Lipinski definition) is 5. The zero-order valence-electron chi connectivity index (χ0n) is 14.5. The van der Waals surface area contributed by atoms with Crippen LogP contribution in [-0.2, 0) is 16.1 Å². The summed E-state index contributed by atoms with van der Waals surface area (Å²) in [5, 5.41) is 0. The molecule has 138 valence electrons. The van der Waals surface area contributed by atoms with Crippen LogP contribution in [0.3, 0.4) is 0 Å². The highest BCUT2D eigenvalue weighted by molar-refractivity contribution is 5.76. The van der Waals surface area contributed by atoms with Crippen molar-refractivity contribution in [2.75, 3.05) is 39.3 Å². The van der Waals surface area contributed by atoms with Crippen molar-refractivity contribution < 1.29 is 9.53 Å². The van der Waals surface area contributed by atoms with Crippen LogP contribution in [0, 0.1) is 0 Å². The SMILES string of the molecule is O=C(Cn1ccc(=O)[nH]c1=O)N1CCCOC(CN2CCCCC2)C1. The first-order chi connectivity index (χ1) is 12.1. The fraction of sp³-hybridized carbons (Fsp3) is 0.706. The Bertz CT molecular complexity index is 692. The molecular weight excluding hydrogens is 324 g/mol.